The summed E-state index contributed by atoms with van der Waals surface area (Å²) >= 11 is 0. The van der Waals surface area contributed by atoms with Crippen LogP contribution < -0.4 is 10.5 Å². The number of nitrogens with zero attached hydrogens (tertiary/aromatic N) is 2. The van der Waals surface area contributed by atoms with Gasteiger partial charge in [-0.3, -0.25) is 9.12 Å². The number of carboxylic acid groups (broad SMARTS) is 1. The van der Waals surface area contributed by atoms with Gasteiger partial charge in [0, 0.05) is 11.9 Å². The van der Waals surface area contributed by atoms with Crippen molar-refractivity contribution < 1.29 is 18.3 Å². The second-order valence-corrected chi connectivity index (χ2v) is 6.40. The Hall–Kier alpha value is -3.07. The molecule has 0 saturated heterocycles. The van der Waals surface area contributed by atoms with Crippen LogP contribution in [0.15, 0.2) is 53.6 Å². The van der Waals surface area contributed by atoms with E-state index in [4.69, 9.17) is 5.73 Å². The van der Waals surface area contributed by atoms with Crippen LogP contribution in [0.3, 0.4) is 0 Å². The lowest BCUT2D eigenvalue weighted by atomic mass is 10.3. The smallest absolute Gasteiger partial charge is 0.358 e. The van der Waals surface area contributed by atoms with Gasteiger partial charge in [0.1, 0.15) is 5.65 Å². The number of benzene rings is 1. The Kier molecular flexibility index (Phi) is 3.41. The highest BCUT2D eigenvalue weighted by Crippen LogP contribution is 2.22. The quantitative estimate of drug-likeness (QED) is 0.620. The molecule has 0 amide bonds. The second-order valence-electron chi connectivity index (χ2n) is 4.72. The zero-order valence-electron chi connectivity index (χ0n) is 11.7. The largest absolute Gasteiger partial charge is 0.476 e. The third-order valence-corrected chi connectivity index (χ3v) is 4.51. The SMILES string of the molecule is Nc1ccc(S(=O)(=O)Nc2c(C(=O)O)nc3ccccn23)cc1. The van der Waals surface area contributed by atoms with Crippen molar-refractivity contribution in [2.45, 2.75) is 4.90 Å². The van der Waals surface area contributed by atoms with Gasteiger partial charge in [-0.1, -0.05) is 6.07 Å². The highest BCUT2D eigenvalue weighted by atomic mass is 32.2. The van der Waals surface area contributed by atoms with Crippen LogP contribution in [0.4, 0.5) is 11.5 Å². The predicted octanol–water partition coefficient (Wildman–Crippen LogP) is 1.42. The fraction of sp³-hybridized carbons (Fsp3) is 0. The molecule has 0 atom stereocenters. The molecule has 0 radical (unpaired) electrons. The summed E-state index contributed by atoms with van der Waals surface area (Å²) in [7, 11) is -3.98. The molecule has 4 N–H and O–H groups in total. The molecular formula is C14H12N4O4S. The summed E-state index contributed by atoms with van der Waals surface area (Å²) in [5.41, 5.74) is 5.90. The minimum Gasteiger partial charge on any atom is -0.476 e. The van der Waals surface area contributed by atoms with E-state index < -0.39 is 16.0 Å². The van der Waals surface area contributed by atoms with E-state index >= 15 is 0 Å². The number of aromatic carboxylic acids is 1. The highest BCUT2D eigenvalue weighted by molar-refractivity contribution is 7.92. The van der Waals surface area contributed by atoms with Crippen molar-refractivity contribution >= 4 is 33.1 Å². The van der Waals surface area contributed by atoms with Crippen LogP contribution >= 0.6 is 0 Å². The Labute approximate surface area is 131 Å². The van der Waals surface area contributed by atoms with Crippen LogP contribution in [0, 0.1) is 0 Å². The topological polar surface area (TPSA) is 127 Å². The predicted molar refractivity (Wildman–Crippen MR) is 83.8 cm³/mol. The molecule has 8 nitrogen and oxygen atoms in total. The fourth-order valence-electron chi connectivity index (χ4n) is 2.08. The third kappa shape index (κ3) is 2.69. The standard InChI is InChI=1S/C14H12N4O4S/c15-9-4-6-10(7-5-9)23(21,22)17-13-12(14(19)20)16-11-3-1-2-8-18(11)13/h1-8,17H,15H2,(H,19,20). The Morgan fingerprint density at radius 1 is 1.17 bits per heavy atom. The van der Waals surface area contributed by atoms with E-state index in [1.54, 1.807) is 18.2 Å². The van der Waals surface area contributed by atoms with E-state index in [-0.39, 0.29) is 16.4 Å². The van der Waals surface area contributed by atoms with Crippen molar-refractivity contribution in [3.63, 3.8) is 0 Å². The number of fused-ring (bicyclic) bond motifs is 1. The summed E-state index contributed by atoms with van der Waals surface area (Å²) in [6.07, 6.45) is 1.52. The lowest BCUT2D eigenvalue weighted by Crippen LogP contribution is -2.16. The van der Waals surface area contributed by atoms with E-state index in [0.29, 0.717) is 11.3 Å². The first kappa shape index (κ1) is 14.9. The van der Waals surface area contributed by atoms with Crippen LogP contribution in [-0.2, 0) is 10.0 Å². The molecule has 118 valence electrons. The molecule has 23 heavy (non-hydrogen) atoms. The number of hydrogen-bond acceptors (Lipinski definition) is 5. The first-order valence-electron chi connectivity index (χ1n) is 6.47. The van der Waals surface area contributed by atoms with Gasteiger partial charge in [0.25, 0.3) is 10.0 Å². The zero-order valence-corrected chi connectivity index (χ0v) is 12.5. The number of pyridine rings is 1. The average Bonchev–Trinajstić information content (AvgIpc) is 2.86. The van der Waals surface area contributed by atoms with Gasteiger partial charge in [0.05, 0.1) is 4.90 Å². The summed E-state index contributed by atoms with van der Waals surface area (Å²) in [5.74, 6) is -1.46. The number of sulfonamides is 1. The van der Waals surface area contributed by atoms with Crippen LogP contribution in [0.1, 0.15) is 10.5 Å². The van der Waals surface area contributed by atoms with Crippen molar-refractivity contribution in [1.82, 2.24) is 9.38 Å². The molecule has 2 heterocycles. The lowest BCUT2D eigenvalue weighted by molar-refractivity contribution is 0.0692. The molecule has 3 rings (SSSR count). The maximum absolute atomic E-state index is 12.4. The fourth-order valence-corrected chi connectivity index (χ4v) is 3.14. The summed E-state index contributed by atoms with van der Waals surface area (Å²) < 4.78 is 28.5. The number of nitrogens with two attached hydrogens (primary N) is 1. The highest BCUT2D eigenvalue weighted by Gasteiger charge is 2.23. The monoisotopic (exact) mass is 332 g/mol. The van der Waals surface area contributed by atoms with Gasteiger partial charge in [0.15, 0.2) is 11.5 Å². The Bertz CT molecular complexity index is 993. The number of nitrogens with one attached hydrogen (secondary N) is 1. The Morgan fingerprint density at radius 3 is 2.52 bits per heavy atom. The van der Waals surface area contributed by atoms with Crippen molar-refractivity contribution in [2.24, 2.45) is 0 Å². The summed E-state index contributed by atoms with van der Waals surface area (Å²) in [6.45, 7) is 0. The summed E-state index contributed by atoms with van der Waals surface area (Å²) in [5, 5.41) is 9.24. The Balaban J connectivity index is 2.12. The maximum atomic E-state index is 12.4. The molecule has 0 bridgehead atoms. The van der Waals surface area contributed by atoms with E-state index in [1.807, 2.05) is 0 Å². The Morgan fingerprint density at radius 2 is 1.87 bits per heavy atom. The average molecular weight is 332 g/mol. The molecule has 1 aromatic carbocycles. The number of hydrogen-bond donors (Lipinski definition) is 3. The van der Waals surface area contributed by atoms with E-state index in [2.05, 4.69) is 9.71 Å². The molecular weight excluding hydrogens is 320 g/mol. The van der Waals surface area contributed by atoms with Gasteiger partial charge in [-0.15, -0.1) is 0 Å². The number of anilines is 2. The summed E-state index contributed by atoms with van der Waals surface area (Å²) in [4.78, 5) is 15.2. The number of nitrogen functional groups attached to an aromatic ring is 1. The molecule has 2 aromatic heterocycles. The van der Waals surface area contributed by atoms with Crippen molar-refractivity contribution in [3.8, 4) is 0 Å². The van der Waals surface area contributed by atoms with Crippen LogP contribution in [-0.4, -0.2) is 28.9 Å². The molecule has 0 spiro atoms. The molecule has 0 fully saturated rings. The van der Waals surface area contributed by atoms with Crippen LogP contribution in [0.2, 0.25) is 0 Å². The molecule has 0 saturated carbocycles. The first-order chi connectivity index (χ1) is 10.9. The zero-order chi connectivity index (χ0) is 16.6. The van der Waals surface area contributed by atoms with Crippen molar-refractivity contribution in [3.05, 3.63) is 54.4 Å². The number of imidazole rings is 1. The molecule has 0 aliphatic carbocycles. The number of aromatic nitrogens is 2. The van der Waals surface area contributed by atoms with Gasteiger partial charge < -0.3 is 10.8 Å². The first-order valence-corrected chi connectivity index (χ1v) is 7.95. The van der Waals surface area contributed by atoms with Crippen LogP contribution in [0.25, 0.3) is 5.65 Å². The minimum atomic E-state index is -3.98. The van der Waals surface area contributed by atoms with Gasteiger partial charge in [-0.2, -0.15) is 0 Å². The number of carboxylic acids is 1. The van der Waals surface area contributed by atoms with Gasteiger partial charge in [-0.05, 0) is 36.4 Å². The van der Waals surface area contributed by atoms with Crippen molar-refractivity contribution in [1.29, 1.82) is 0 Å². The normalized spacial score (nSPS) is 11.5. The van der Waals surface area contributed by atoms with Crippen LogP contribution in [0.5, 0.6) is 0 Å². The van der Waals surface area contributed by atoms with Gasteiger partial charge >= 0.3 is 5.97 Å². The minimum absolute atomic E-state index is 0.0334. The summed E-state index contributed by atoms with van der Waals surface area (Å²) in [6, 6.07) is 10.5. The van der Waals surface area contributed by atoms with Gasteiger partial charge in [-0.25, -0.2) is 18.2 Å². The number of carbonyl (C=O) groups is 1. The van der Waals surface area contributed by atoms with E-state index in [0.717, 1.165) is 0 Å². The molecule has 0 unspecified atom stereocenters. The molecule has 0 aliphatic heterocycles. The molecule has 9 heteroatoms. The number of rotatable bonds is 4. The second kappa shape index (κ2) is 5.29. The van der Waals surface area contributed by atoms with Gasteiger partial charge in [0.2, 0.25) is 0 Å². The molecule has 3 aromatic rings. The van der Waals surface area contributed by atoms with E-state index in [1.165, 1.54) is 34.9 Å². The lowest BCUT2D eigenvalue weighted by Gasteiger charge is -2.09. The van der Waals surface area contributed by atoms with Crippen molar-refractivity contribution in [2.75, 3.05) is 10.5 Å². The third-order valence-electron chi connectivity index (χ3n) is 3.15. The molecule has 0 aliphatic rings. The van der Waals surface area contributed by atoms with E-state index in [9.17, 15) is 18.3 Å². The maximum Gasteiger partial charge on any atom is 0.358 e.